The Morgan fingerprint density at radius 3 is 0.0667 bits per heavy atom. The summed E-state index contributed by atoms with van der Waals surface area (Å²) in [5, 5.41) is 0. The molecule has 0 heteroatoms. The molecule has 0 aliphatic heterocycles. The molecule has 0 atom stereocenters. The second-order valence-corrected chi connectivity index (χ2v) is 0. The summed E-state index contributed by atoms with van der Waals surface area (Å²) < 4.78 is 0. The lowest BCUT2D eigenvalue weighted by molar-refractivity contribution is 1.50. The maximum Gasteiger partial charge on any atom is -0.0683 e. The second-order valence-electron chi connectivity index (χ2n) is 0. The van der Waals surface area contributed by atoms with Crippen LogP contribution in [0.15, 0.2) is 0 Å². The summed E-state index contributed by atoms with van der Waals surface area (Å²) in [6, 6.07) is 0. The summed E-state index contributed by atoms with van der Waals surface area (Å²) in [5.41, 5.74) is 0. The van der Waals surface area contributed by atoms with Gasteiger partial charge in [0, 0.05) is 0 Å². The van der Waals surface area contributed by atoms with E-state index in [1.54, 1.807) is 0 Å². The molecule has 0 amide bonds. The monoisotopic (exact) mass is 713 g/mol. The lowest BCUT2D eigenvalue weighted by atomic mass is 11.0. The number of rotatable bonds is 0. The summed E-state index contributed by atoms with van der Waals surface area (Å²) in [7, 11) is 0. The van der Waals surface area contributed by atoms with E-state index in [2.05, 4.69) is 0 Å². The van der Waals surface area contributed by atoms with Gasteiger partial charge < -0.3 is 0 Å². The quantitative estimate of drug-likeness (QED) is 0.234. The zero-order chi connectivity index (χ0) is 8.00. The Labute approximate surface area is 329 Å². The Kier molecular flexibility index (Phi) is 0. The van der Waals surface area contributed by atoms with E-state index in [1.807, 2.05) is 55.4 Å². The molecule has 0 spiro atoms. The third kappa shape index (κ3) is 0. The molecule has 0 unspecified atom stereocenters. The zero-order valence-corrected chi connectivity index (χ0v) is 8.00. The largest absolute Gasteiger partial charge is 0.0776 e. The Balaban J connectivity index is -0.0000000000954. The molecule has 0 heterocycles. The van der Waals surface area contributed by atoms with Crippen molar-refractivity contribution in [3.63, 3.8) is 0 Å². The van der Waals surface area contributed by atoms with Crippen LogP contribution < -0.4 is 0 Å². The van der Waals surface area contributed by atoms with E-state index in [0.717, 1.165) is 0 Å². The molecule has 0 rings (SSSR count). The van der Waals surface area contributed by atoms with E-state index in [4.69, 9.17) is 0 Å². The maximum atomic E-state index is 2.00. The SMILES string of the molecule is C.C.C.C.C.C.C.C.C.C.C.C.C.C.C.C.C.C.C.C.C.C.C.C.C.C.C.C.C.C.C.C.C.C.C.C.C.CC.CC.CC.CC. The van der Waals surface area contributed by atoms with Crippen molar-refractivity contribution in [1.82, 2.24) is 0 Å². The van der Waals surface area contributed by atoms with Crippen LogP contribution in [0.4, 0.5) is 0 Å². The first kappa shape index (κ1) is 5440. The highest BCUT2D eigenvalue weighted by molar-refractivity contribution is 3.51. The van der Waals surface area contributed by atoms with Gasteiger partial charge >= 0.3 is 0 Å². The molecular weight excluding hydrogens is 540 g/mol. The lowest BCUT2D eigenvalue weighted by Crippen LogP contribution is -0.856. The lowest BCUT2D eigenvalue weighted by Gasteiger charge is -1.07. The Bertz CT molecular complexity index is 0. The molecule has 0 fully saturated rings. The van der Waals surface area contributed by atoms with Crippen molar-refractivity contribution in [2.24, 2.45) is 0 Å². The minimum Gasteiger partial charge on any atom is -0.0776 e. The van der Waals surface area contributed by atoms with Crippen LogP contribution in [0.3, 0.4) is 0 Å². The minimum absolute atomic E-state index is 0. The smallest absolute Gasteiger partial charge is 0.0683 e. The highest BCUT2D eigenvalue weighted by Gasteiger charge is 0.938. The fourth-order valence-electron chi connectivity index (χ4n) is 0. The summed E-state index contributed by atoms with van der Waals surface area (Å²) in [6.45, 7) is 16.0. The summed E-state index contributed by atoms with van der Waals surface area (Å²) >= 11 is 0. The van der Waals surface area contributed by atoms with Crippen molar-refractivity contribution in [2.75, 3.05) is 0 Å². The number of hydrogen-bond donors (Lipinski definition) is 0. The van der Waals surface area contributed by atoms with Crippen molar-refractivity contribution >= 4 is 0 Å². The van der Waals surface area contributed by atoms with Gasteiger partial charge in [-0.1, -0.05) is 330 Å². The van der Waals surface area contributed by atoms with Crippen LogP contribution in [0.2, 0.25) is 0 Å². The predicted octanol–water partition coefficient (Wildman–Crippen LogP) is 27.6. The van der Waals surface area contributed by atoms with E-state index in [0.29, 0.717) is 0 Å². The van der Waals surface area contributed by atoms with Gasteiger partial charge in [0.25, 0.3) is 0 Å². The Morgan fingerprint density at radius 2 is 0.0667 bits per heavy atom. The predicted molar refractivity (Wildman–Crippen MR) is 294 cm³/mol. The van der Waals surface area contributed by atoms with Crippen LogP contribution in [0.5, 0.6) is 0 Å². The normalized spacial score (nSPS) is 0.533. The van der Waals surface area contributed by atoms with Gasteiger partial charge in [-0.05, 0) is 0 Å². The van der Waals surface area contributed by atoms with Gasteiger partial charge in [0.05, 0.1) is 0 Å². The molecule has 0 bridgehead atoms. The number of hydrogen-bond acceptors (Lipinski definition) is 0. The maximum absolute atomic E-state index is 2.00. The van der Waals surface area contributed by atoms with Gasteiger partial charge in [-0.25, -0.2) is 0 Å². The van der Waals surface area contributed by atoms with E-state index in [1.165, 1.54) is 0 Å². The summed E-state index contributed by atoms with van der Waals surface area (Å²) in [5.74, 6) is 0. The molecule has 352 valence electrons. The van der Waals surface area contributed by atoms with E-state index < -0.39 is 0 Å². The molecule has 0 N–H and O–H groups in total. The van der Waals surface area contributed by atoms with Crippen LogP contribution in [0.25, 0.3) is 0 Å². The Hall–Kier alpha value is 0. The van der Waals surface area contributed by atoms with Crippen molar-refractivity contribution < 1.29 is 0 Å². The molecule has 45 heavy (non-hydrogen) atoms. The molecule has 0 saturated heterocycles. The molecule has 0 aromatic rings. The van der Waals surface area contributed by atoms with Crippen LogP contribution >= 0.6 is 0 Å². The Morgan fingerprint density at radius 1 is 0.0667 bits per heavy atom. The second kappa shape index (κ2) is 0. The first-order chi connectivity index (χ1) is 4.00. The average Bonchev–Trinajstić information content (AvgIpc) is 2.03. The van der Waals surface area contributed by atoms with E-state index >= 15 is 0 Å². The molecular formula is C45H172. The highest BCUT2D eigenvalue weighted by Crippen LogP contribution is 1.15. The van der Waals surface area contributed by atoms with E-state index in [9.17, 15) is 0 Å². The van der Waals surface area contributed by atoms with Gasteiger partial charge in [0.15, 0.2) is 0 Å². The molecule has 0 aliphatic rings. The molecule has 0 saturated carbocycles. The van der Waals surface area contributed by atoms with Gasteiger partial charge in [-0.3, -0.25) is 0 Å². The third-order valence-electron chi connectivity index (χ3n) is 0. The van der Waals surface area contributed by atoms with Crippen LogP contribution in [0, 0.1) is 0 Å². The first-order valence-electron chi connectivity index (χ1n) is 4.00. The average molecular weight is 714 g/mol. The minimum atomic E-state index is 0. The topological polar surface area (TPSA) is 0 Å². The fourth-order valence-corrected chi connectivity index (χ4v) is 0. The molecule has 0 aromatic carbocycles. The molecule has 0 aromatic heterocycles. The standard InChI is InChI=1S/4C2H6.37CH4/c4*1-2;;;;;;;;;;;;;;;;;;;;;;;;;;;;;;;;;;;;;/h4*1-2H3;37*1H4. The van der Waals surface area contributed by atoms with Gasteiger partial charge in [-0.2, -0.15) is 0 Å². The van der Waals surface area contributed by atoms with Crippen molar-refractivity contribution in [3.8, 4) is 0 Å². The van der Waals surface area contributed by atoms with Gasteiger partial charge in [0.2, 0.25) is 0 Å². The van der Waals surface area contributed by atoms with Crippen LogP contribution in [-0.2, 0) is 0 Å². The molecule has 0 nitrogen and oxygen atoms in total. The van der Waals surface area contributed by atoms with Crippen molar-refractivity contribution in [1.29, 1.82) is 0 Å². The fraction of sp³-hybridized carbons (Fsp3) is 1.00. The summed E-state index contributed by atoms with van der Waals surface area (Å²) in [6.07, 6.45) is 0. The first-order valence-corrected chi connectivity index (χ1v) is 4.00. The summed E-state index contributed by atoms with van der Waals surface area (Å²) in [4.78, 5) is 0. The van der Waals surface area contributed by atoms with Crippen LogP contribution in [-0.4, -0.2) is 0 Å². The molecule has 0 aliphatic carbocycles. The molecule has 0 radical (unpaired) electrons. The van der Waals surface area contributed by atoms with E-state index in [-0.39, 0.29) is 275 Å². The third-order valence-corrected chi connectivity index (χ3v) is 0. The zero-order valence-electron chi connectivity index (χ0n) is 8.00. The van der Waals surface area contributed by atoms with Crippen molar-refractivity contribution in [3.05, 3.63) is 0 Å². The van der Waals surface area contributed by atoms with Crippen molar-refractivity contribution in [2.45, 2.75) is 330 Å². The van der Waals surface area contributed by atoms with Gasteiger partial charge in [-0.15, -0.1) is 0 Å². The highest BCUT2D eigenvalue weighted by atomic mass is 13.0. The van der Waals surface area contributed by atoms with Gasteiger partial charge in [0.1, 0.15) is 0 Å². The van der Waals surface area contributed by atoms with Crippen LogP contribution in [0.1, 0.15) is 330 Å².